The quantitative estimate of drug-likeness (QED) is 0.0320. The molecule has 0 aromatic heterocycles. The highest BCUT2D eigenvalue weighted by molar-refractivity contribution is 5.76. The lowest BCUT2D eigenvalue weighted by atomic mass is 10.0. The van der Waals surface area contributed by atoms with Gasteiger partial charge >= 0.3 is 5.97 Å². The van der Waals surface area contributed by atoms with Crippen molar-refractivity contribution in [2.24, 2.45) is 0 Å². The van der Waals surface area contributed by atoms with Crippen molar-refractivity contribution < 1.29 is 24.5 Å². The molecule has 0 bridgehead atoms. The van der Waals surface area contributed by atoms with Crippen molar-refractivity contribution in [1.82, 2.24) is 5.32 Å². The van der Waals surface area contributed by atoms with Gasteiger partial charge in [0.15, 0.2) is 0 Å². The molecule has 0 aromatic carbocycles. The molecule has 2 atom stereocenters. The van der Waals surface area contributed by atoms with Gasteiger partial charge in [0.2, 0.25) is 5.91 Å². The van der Waals surface area contributed by atoms with E-state index in [1.165, 1.54) is 315 Å². The van der Waals surface area contributed by atoms with Crippen LogP contribution in [0, 0.1) is 0 Å². The van der Waals surface area contributed by atoms with Crippen molar-refractivity contribution in [3.63, 3.8) is 0 Å². The fraction of sp³-hybridized carbons (Fsp3) is 0.890. The van der Waals surface area contributed by atoms with Crippen LogP contribution in [0.15, 0.2) is 36.5 Å². The van der Waals surface area contributed by atoms with Gasteiger partial charge in [0.1, 0.15) is 0 Å². The maximum absolute atomic E-state index is 12.5. The highest BCUT2D eigenvalue weighted by Gasteiger charge is 2.18. The second kappa shape index (κ2) is 68.6. The molecule has 0 aliphatic heterocycles. The molecule has 2 unspecified atom stereocenters. The van der Waals surface area contributed by atoms with Gasteiger partial charge in [0, 0.05) is 12.8 Å². The van der Waals surface area contributed by atoms with Crippen LogP contribution < -0.4 is 5.32 Å². The molecule has 0 aliphatic rings. The summed E-state index contributed by atoms with van der Waals surface area (Å²) in [5.74, 6) is -0.0484. The lowest BCUT2D eigenvalue weighted by molar-refractivity contribution is -0.143. The van der Waals surface area contributed by atoms with Gasteiger partial charge in [-0.15, -0.1) is 0 Å². The van der Waals surface area contributed by atoms with E-state index in [9.17, 15) is 19.8 Å². The molecule has 0 spiro atoms. The first-order valence-corrected chi connectivity index (χ1v) is 35.8. The van der Waals surface area contributed by atoms with Gasteiger partial charge < -0.3 is 20.3 Å². The van der Waals surface area contributed by atoms with Crippen molar-refractivity contribution in [3.8, 4) is 0 Å². The van der Waals surface area contributed by atoms with Crippen LogP contribution in [0.5, 0.6) is 0 Å². The highest BCUT2D eigenvalue weighted by Crippen LogP contribution is 2.19. The molecule has 0 aromatic rings. The molecule has 1 amide bonds. The van der Waals surface area contributed by atoms with Crippen molar-refractivity contribution in [1.29, 1.82) is 0 Å². The Hall–Kier alpha value is -1.92. The fourth-order valence-corrected chi connectivity index (χ4v) is 11.2. The molecule has 79 heavy (non-hydrogen) atoms. The van der Waals surface area contributed by atoms with Gasteiger partial charge in [-0.05, 0) is 64.2 Å². The van der Waals surface area contributed by atoms with Gasteiger partial charge in [0.05, 0.1) is 25.4 Å². The van der Waals surface area contributed by atoms with Gasteiger partial charge in [-0.3, -0.25) is 9.59 Å². The molecular weight excluding hydrogens is 971 g/mol. The molecule has 0 rings (SSSR count). The van der Waals surface area contributed by atoms with Crippen molar-refractivity contribution in [3.05, 3.63) is 36.5 Å². The number of carbonyl (C=O) groups is 2. The number of aliphatic hydroxyl groups is 2. The summed E-state index contributed by atoms with van der Waals surface area (Å²) < 4.78 is 5.50. The third kappa shape index (κ3) is 65.1. The number of esters is 1. The summed E-state index contributed by atoms with van der Waals surface area (Å²) in [4.78, 5) is 24.5. The molecule has 0 heterocycles. The summed E-state index contributed by atoms with van der Waals surface area (Å²) in [5, 5.41) is 23.1. The Morgan fingerprint density at radius 1 is 0.354 bits per heavy atom. The SMILES string of the molecule is CCCCC/C=C\C/C=C\CCCCCCCCCC(=O)OCCCCCCCCCCCCCCCCCCCCCCCCCCCCCCCCCCCC(=O)NC(CO)C(O)/C=C/CCCCCCCCCCCC. The predicted molar refractivity (Wildman–Crippen MR) is 347 cm³/mol. The third-order valence-electron chi connectivity index (χ3n) is 16.7. The summed E-state index contributed by atoms with van der Waals surface area (Å²) in [6, 6.07) is -0.623. The Balaban J connectivity index is 3.31. The second-order valence-corrected chi connectivity index (χ2v) is 24.6. The van der Waals surface area contributed by atoms with E-state index in [1.54, 1.807) is 6.08 Å². The molecule has 0 aliphatic carbocycles. The Morgan fingerprint density at radius 3 is 0.987 bits per heavy atom. The molecule has 0 radical (unpaired) electrons. The van der Waals surface area contributed by atoms with E-state index in [0.29, 0.717) is 19.4 Å². The van der Waals surface area contributed by atoms with Crippen LogP contribution in [-0.4, -0.2) is 47.4 Å². The maximum atomic E-state index is 12.5. The van der Waals surface area contributed by atoms with Gasteiger partial charge in [-0.25, -0.2) is 0 Å². The minimum atomic E-state index is -0.840. The van der Waals surface area contributed by atoms with Crippen molar-refractivity contribution in [2.45, 2.75) is 405 Å². The molecule has 0 saturated heterocycles. The topological polar surface area (TPSA) is 95.9 Å². The Bertz CT molecular complexity index is 1280. The van der Waals surface area contributed by atoms with E-state index < -0.39 is 12.1 Å². The molecule has 3 N–H and O–H groups in total. The van der Waals surface area contributed by atoms with Crippen LogP contribution in [0.1, 0.15) is 393 Å². The number of nitrogens with one attached hydrogen (secondary N) is 1. The number of allylic oxidation sites excluding steroid dienone is 5. The van der Waals surface area contributed by atoms with Crippen LogP contribution in [0.3, 0.4) is 0 Å². The summed E-state index contributed by atoms with van der Waals surface area (Å²) in [5.41, 5.74) is 0. The first kappa shape index (κ1) is 77.1. The molecule has 0 saturated carbocycles. The van der Waals surface area contributed by atoms with Gasteiger partial charge in [0.25, 0.3) is 0 Å². The van der Waals surface area contributed by atoms with E-state index in [-0.39, 0.29) is 18.5 Å². The Morgan fingerprint density at radius 2 is 0.633 bits per heavy atom. The minimum Gasteiger partial charge on any atom is -0.466 e. The smallest absolute Gasteiger partial charge is 0.305 e. The first-order chi connectivity index (χ1) is 39.0. The Kier molecular flexibility index (Phi) is 66.9. The van der Waals surface area contributed by atoms with E-state index in [2.05, 4.69) is 43.5 Å². The molecular formula is C73H139NO5. The largest absolute Gasteiger partial charge is 0.466 e. The standard InChI is InChI=1S/C73H139NO5/c1-3-5-7-9-11-13-15-17-18-36-40-43-47-51-55-59-63-67-73(78)79-68-64-60-56-52-48-44-41-38-35-33-31-29-27-25-23-21-19-20-22-24-26-28-30-32-34-37-39-42-46-50-54-58-62-66-72(77)74-70(69-75)71(76)65-61-57-53-49-45-16-14-12-10-8-6-4-2/h11,13,17-18,61,65,70-71,75-76H,3-10,12,14-16,19-60,62-64,66-69H2,1-2H3,(H,74,77)/b13-11-,18-17-,65-61+. The molecule has 466 valence electrons. The summed E-state index contributed by atoms with van der Waals surface area (Å²) in [6.07, 6.45) is 88.1. The van der Waals surface area contributed by atoms with Crippen molar-refractivity contribution >= 4 is 11.9 Å². The summed E-state index contributed by atoms with van der Waals surface area (Å²) in [7, 11) is 0. The highest BCUT2D eigenvalue weighted by atomic mass is 16.5. The Labute approximate surface area is 494 Å². The molecule has 0 fully saturated rings. The summed E-state index contributed by atoms with van der Waals surface area (Å²) >= 11 is 0. The average molecular weight is 1110 g/mol. The zero-order chi connectivity index (χ0) is 57.1. The van der Waals surface area contributed by atoms with E-state index >= 15 is 0 Å². The van der Waals surface area contributed by atoms with Crippen LogP contribution >= 0.6 is 0 Å². The number of hydrogen-bond donors (Lipinski definition) is 3. The lowest BCUT2D eigenvalue weighted by Gasteiger charge is -2.20. The summed E-state index contributed by atoms with van der Waals surface area (Å²) in [6.45, 7) is 4.90. The minimum absolute atomic E-state index is 0.0139. The maximum Gasteiger partial charge on any atom is 0.305 e. The zero-order valence-corrected chi connectivity index (χ0v) is 53.4. The lowest BCUT2D eigenvalue weighted by Crippen LogP contribution is -2.45. The monoisotopic (exact) mass is 1110 g/mol. The van der Waals surface area contributed by atoms with E-state index in [1.807, 2.05) is 6.08 Å². The second-order valence-electron chi connectivity index (χ2n) is 24.6. The number of hydrogen-bond acceptors (Lipinski definition) is 5. The van der Waals surface area contributed by atoms with E-state index in [0.717, 1.165) is 51.4 Å². The number of amides is 1. The number of rotatable bonds is 67. The molecule has 6 nitrogen and oxygen atoms in total. The fourth-order valence-electron chi connectivity index (χ4n) is 11.2. The predicted octanol–water partition coefficient (Wildman–Crippen LogP) is 23.1. The number of aliphatic hydroxyl groups excluding tert-OH is 2. The normalized spacial score (nSPS) is 12.7. The van der Waals surface area contributed by atoms with E-state index in [4.69, 9.17) is 4.74 Å². The van der Waals surface area contributed by atoms with Crippen LogP contribution in [-0.2, 0) is 14.3 Å². The molecule has 6 heteroatoms. The average Bonchev–Trinajstić information content (AvgIpc) is 3.45. The van der Waals surface area contributed by atoms with Gasteiger partial charge in [-0.1, -0.05) is 352 Å². The first-order valence-electron chi connectivity index (χ1n) is 35.8. The third-order valence-corrected chi connectivity index (χ3v) is 16.7. The van der Waals surface area contributed by atoms with Crippen molar-refractivity contribution in [2.75, 3.05) is 13.2 Å². The zero-order valence-electron chi connectivity index (χ0n) is 53.4. The number of unbranched alkanes of at least 4 members (excludes halogenated alkanes) is 52. The van der Waals surface area contributed by atoms with Gasteiger partial charge in [-0.2, -0.15) is 0 Å². The number of carbonyl (C=O) groups excluding carboxylic acids is 2. The number of ether oxygens (including phenoxy) is 1. The van der Waals surface area contributed by atoms with Crippen LogP contribution in [0.25, 0.3) is 0 Å². The van der Waals surface area contributed by atoms with Crippen LogP contribution in [0.4, 0.5) is 0 Å². The van der Waals surface area contributed by atoms with Crippen LogP contribution in [0.2, 0.25) is 0 Å².